The van der Waals surface area contributed by atoms with Crippen LogP contribution in [0, 0.1) is 11.7 Å². The van der Waals surface area contributed by atoms with Crippen LogP contribution in [0.1, 0.15) is 34.5 Å². The van der Waals surface area contributed by atoms with Gasteiger partial charge in [-0.25, -0.2) is 12.8 Å². The van der Waals surface area contributed by atoms with Crippen molar-refractivity contribution in [3.05, 3.63) is 99.3 Å². The molecular formula is C28H29Cl2FN4O4S. The molecule has 1 aliphatic heterocycles. The molecule has 0 spiro atoms. The van der Waals surface area contributed by atoms with Crippen molar-refractivity contribution in [1.29, 1.82) is 0 Å². The molecule has 1 atom stereocenters. The molecule has 0 saturated carbocycles. The number of anilines is 1. The molecule has 1 aliphatic rings. The van der Waals surface area contributed by atoms with Gasteiger partial charge in [-0.05, 0) is 54.4 Å². The molecule has 1 heterocycles. The second kappa shape index (κ2) is 12.6. The largest absolute Gasteiger partial charge is 0.357 e. The third-order valence-corrected chi connectivity index (χ3v) is 8.62. The summed E-state index contributed by atoms with van der Waals surface area (Å²) >= 11 is 12.2. The summed E-state index contributed by atoms with van der Waals surface area (Å²) in [6, 6.07) is 17.8. The minimum atomic E-state index is -3.94. The van der Waals surface area contributed by atoms with E-state index in [1.165, 1.54) is 32.2 Å². The number of halogens is 3. The summed E-state index contributed by atoms with van der Waals surface area (Å²) < 4.78 is 43.3. The fourth-order valence-corrected chi connectivity index (χ4v) is 6.35. The van der Waals surface area contributed by atoms with Gasteiger partial charge < -0.3 is 10.6 Å². The van der Waals surface area contributed by atoms with Crippen LogP contribution < -0.4 is 15.4 Å². The molecule has 0 unspecified atom stereocenters. The summed E-state index contributed by atoms with van der Waals surface area (Å²) in [6.45, 7) is 2.45. The molecule has 0 aliphatic carbocycles. The van der Waals surface area contributed by atoms with E-state index in [2.05, 4.69) is 20.3 Å². The quantitative estimate of drug-likeness (QED) is 0.316. The van der Waals surface area contributed by atoms with Crippen LogP contribution in [0.4, 0.5) is 10.1 Å². The highest BCUT2D eigenvalue weighted by atomic mass is 35.5. The molecule has 12 heteroatoms. The van der Waals surface area contributed by atoms with Crippen LogP contribution in [0.25, 0.3) is 0 Å². The van der Waals surface area contributed by atoms with E-state index in [1.54, 1.807) is 0 Å². The lowest BCUT2D eigenvalue weighted by atomic mass is 9.91. The van der Waals surface area contributed by atoms with Gasteiger partial charge in [0.2, 0.25) is 15.9 Å². The zero-order valence-electron chi connectivity index (χ0n) is 21.8. The van der Waals surface area contributed by atoms with Crippen LogP contribution in [0.15, 0.2) is 66.7 Å². The van der Waals surface area contributed by atoms with Crippen molar-refractivity contribution in [2.24, 2.45) is 5.92 Å². The number of hydrogen-bond acceptors (Lipinski definition) is 5. The van der Waals surface area contributed by atoms with Crippen LogP contribution >= 0.6 is 23.2 Å². The van der Waals surface area contributed by atoms with Crippen LogP contribution in [0.5, 0.6) is 0 Å². The molecule has 8 nitrogen and oxygen atoms in total. The average molecular weight is 608 g/mol. The molecule has 0 radical (unpaired) electrons. The minimum absolute atomic E-state index is 0.119. The number of sulfonamides is 1. The monoisotopic (exact) mass is 606 g/mol. The Morgan fingerprint density at radius 1 is 0.975 bits per heavy atom. The predicted octanol–water partition coefficient (Wildman–Crippen LogP) is 4.46. The maximum absolute atomic E-state index is 15.1. The Morgan fingerprint density at radius 3 is 2.05 bits per heavy atom. The molecule has 0 bridgehead atoms. The van der Waals surface area contributed by atoms with Crippen molar-refractivity contribution in [2.75, 3.05) is 30.6 Å². The number of likely N-dealkylation sites (N-methyl/N-ethyl adjacent to an activating group) is 1. The molecule has 2 amide bonds. The zero-order chi connectivity index (χ0) is 29.0. The molecule has 4 rings (SSSR count). The Kier molecular flexibility index (Phi) is 9.35. The Balaban J connectivity index is 1.43. The summed E-state index contributed by atoms with van der Waals surface area (Å²) in [5.41, 5.74) is 1.30. The molecule has 3 aromatic carbocycles. The summed E-state index contributed by atoms with van der Waals surface area (Å²) in [4.78, 5) is 26.3. The molecule has 1 fully saturated rings. The summed E-state index contributed by atoms with van der Waals surface area (Å²) in [5, 5.41) is 6.01. The van der Waals surface area contributed by atoms with E-state index in [9.17, 15) is 18.0 Å². The van der Waals surface area contributed by atoms with Crippen LogP contribution in [0.3, 0.4) is 0 Å². The number of nitrogens with zero attached hydrogens (tertiary/aromatic N) is 1. The van der Waals surface area contributed by atoms with Crippen molar-refractivity contribution in [1.82, 2.24) is 15.5 Å². The van der Waals surface area contributed by atoms with Gasteiger partial charge in [0.15, 0.2) is 5.82 Å². The number of carbonyl (C=O) groups is 2. The lowest BCUT2D eigenvalue weighted by Gasteiger charge is -2.44. The number of carbonyl (C=O) groups excluding carboxylic acids is 2. The van der Waals surface area contributed by atoms with Crippen molar-refractivity contribution in [3.63, 3.8) is 0 Å². The minimum Gasteiger partial charge on any atom is -0.357 e. The van der Waals surface area contributed by atoms with Crippen LogP contribution in [-0.2, 0) is 14.8 Å². The van der Waals surface area contributed by atoms with E-state index in [4.69, 9.17) is 23.2 Å². The van der Waals surface area contributed by atoms with Crippen LogP contribution in [0.2, 0.25) is 10.0 Å². The van der Waals surface area contributed by atoms with E-state index in [1.807, 2.05) is 48.5 Å². The Labute approximate surface area is 242 Å². The number of likely N-dealkylation sites (tertiary alicyclic amines) is 1. The van der Waals surface area contributed by atoms with E-state index in [0.29, 0.717) is 23.1 Å². The molecule has 3 N–H and O–H groups in total. The second-order valence-corrected chi connectivity index (χ2v) is 12.3. The number of rotatable bonds is 10. The normalized spacial score (nSPS) is 14.8. The van der Waals surface area contributed by atoms with E-state index < -0.39 is 33.7 Å². The highest BCUT2D eigenvalue weighted by Crippen LogP contribution is 2.36. The van der Waals surface area contributed by atoms with Gasteiger partial charge in [0.05, 0.1) is 23.0 Å². The standard InChI is InChI=1S/C28H29Cl2FN4O4S/c1-17(27(36)32-2)33-28(37)23-4-3-5-24(25(23)31)34-40(38,39)16-18-14-35(15-18)26(19-6-10-21(29)11-7-19)20-8-12-22(30)13-9-20/h3-13,17-18,26,34H,14-16H2,1-2H3,(H,32,36)(H,33,37)/t17-/m0/s1. The first kappa shape index (κ1) is 29.8. The van der Waals surface area contributed by atoms with E-state index in [0.717, 1.165) is 11.1 Å². The predicted molar refractivity (Wildman–Crippen MR) is 155 cm³/mol. The first-order chi connectivity index (χ1) is 19.0. The summed E-state index contributed by atoms with van der Waals surface area (Å²) in [6.07, 6.45) is 0. The third-order valence-electron chi connectivity index (χ3n) is 6.67. The SMILES string of the molecule is CNC(=O)[C@H](C)NC(=O)c1cccc(NS(=O)(=O)CC2CN(C(c3ccc(Cl)cc3)c3ccc(Cl)cc3)C2)c1F. The third kappa shape index (κ3) is 7.11. The fraction of sp³-hybridized carbons (Fsp3) is 0.286. The van der Waals surface area contributed by atoms with Gasteiger partial charge in [0, 0.05) is 36.1 Å². The van der Waals surface area contributed by atoms with Gasteiger partial charge in [-0.3, -0.25) is 19.2 Å². The van der Waals surface area contributed by atoms with Crippen molar-refractivity contribution < 1.29 is 22.4 Å². The van der Waals surface area contributed by atoms with Gasteiger partial charge in [-0.15, -0.1) is 0 Å². The van der Waals surface area contributed by atoms with Crippen molar-refractivity contribution in [2.45, 2.75) is 19.0 Å². The summed E-state index contributed by atoms with van der Waals surface area (Å²) in [7, 11) is -2.52. The lowest BCUT2D eigenvalue weighted by molar-refractivity contribution is -0.122. The first-order valence-electron chi connectivity index (χ1n) is 12.5. The topological polar surface area (TPSA) is 108 Å². The van der Waals surface area contributed by atoms with Gasteiger partial charge in [0.25, 0.3) is 5.91 Å². The molecule has 3 aromatic rings. The highest BCUT2D eigenvalue weighted by molar-refractivity contribution is 7.92. The Hall–Kier alpha value is -3.18. The van der Waals surface area contributed by atoms with Crippen molar-refractivity contribution in [3.8, 4) is 0 Å². The molecule has 1 saturated heterocycles. The maximum atomic E-state index is 15.1. The molecular weight excluding hydrogens is 578 g/mol. The summed E-state index contributed by atoms with van der Waals surface area (Å²) in [5.74, 6) is -2.72. The van der Waals surface area contributed by atoms with Gasteiger partial charge in [-0.2, -0.15) is 0 Å². The molecule has 40 heavy (non-hydrogen) atoms. The van der Waals surface area contributed by atoms with Gasteiger partial charge in [-0.1, -0.05) is 53.5 Å². The smallest absolute Gasteiger partial charge is 0.254 e. The maximum Gasteiger partial charge on any atom is 0.254 e. The van der Waals surface area contributed by atoms with Gasteiger partial charge in [0.1, 0.15) is 6.04 Å². The number of benzene rings is 3. The lowest BCUT2D eigenvalue weighted by Crippen LogP contribution is -2.51. The number of nitrogens with one attached hydrogen (secondary N) is 3. The highest BCUT2D eigenvalue weighted by Gasteiger charge is 2.37. The van der Waals surface area contributed by atoms with Crippen molar-refractivity contribution >= 4 is 50.7 Å². The number of amides is 2. The van der Waals surface area contributed by atoms with Gasteiger partial charge >= 0.3 is 0 Å². The zero-order valence-corrected chi connectivity index (χ0v) is 24.2. The van der Waals surface area contributed by atoms with E-state index in [-0.39, 0.29) is 29.0 Å². The Bertz CT molecular complexity index is 1440. The average Bonchev–Trinajstić information content (AvgIpc) is 2.89. The molecule has 0 aromatic heterocycles. The van der Waals surface area contributed by atoms with E-state index >= 15 is 4.39 Å². The second-order valence-electron chi connectivity index (χ2n) is 9.69. The fourth-order valence-electron chi connectivity index (χ4n) is 4.69. The number of hydrogen-bond donors (Lipinski definition) is 3. The first-order valence-corrected chi connectivity index (χ1v) is 14.9. The molecule has 212 valence electrons. The van der Waals surface area contributed by atoms with Crippen LogP contribution in [-0.4, -0.2) is 57.1 Å². The Morgan fingerprint density at radius 2 is 1.52 bits per heavy atom.